The van der Waals surface area contributed by atoms with Gasteiger partial charge >= 0.3 is 5.97 Å². The Morgan fingerprint density at radius 3 is 2.54 bits per heavy atom. The first-order valence-electron chi connectivity index (χ1n) is 6.56. The topological polar surface area (TPSA) is 133 Å². The zero-order valence-electron chi connectivity index (χ0n) is 12.0. The van der Waals surface area contributed by atoms with Crippen molar-refractivity contribution in [3.63, 3.8) is 0 Å². The summed E-state index contributed by atoms with van der Waals surface area (Å²) < 4.78 is 33.3. The van der Waals surface area contributed by atoms with Crippen LogP contribution in [0.1, 0.15) is 25.6 Å². The third kappa shape index (κ3) is 2.98. The van der Waals surface area contributed by atoms with E-state index in [2.05, 4.69) is 0 Å². The van der Waals surface area contributed by atoms with Crippen LogP contribution >= 0.6 is 11.3 Å². The Morgan fingerprint density at radius 1 is 1.25 bits per heavy atom. The van der Waals surface area contributed by atoms with Crippen LogP contribution in [-0.4, -0.2) is 32.1 Å². The smallest absolute Gasteiger partial charge is 0.336 e. The van der Waals surface area contributed by atoms with Crippen molar-refractivity contribution in [1.82, 2.24) is 0 Å². The van der Waals surface area contributed by atoms with Gasteiger partial charge in [0.25, 0.3) is 0 Å². The highest BCUT2D eigenvalue weighted by atomic mass is 32.2. The molecule has 10 heteroatoms. The fourth-order valence-corrected chi connectivity index (χ4v) is 4.24. The molecule has 0 spiro atoms. The molecule has 3 rings (SSSR count). The summed E-state index contributed by atoms with van der Waals surface area (Å²) in [5.74, 6) is -1.16. The molecule has 2 aromatic rings. The van der Waals surface area contributed by atoms with Gasteiger partial charge in [0.15, 0.2) is 17.3 Å². The van der Waals surface area contributed by atoms with Gasteiger partial charge in [0.05, 0.1) is 10.4 Å². The van der Waals surface area contributed by atoms with Gasteiger partial charge in [-0.05, 0) is 29.1 Å². The summed E-state index contributed by atoms with van der Waals surface area (Å²) in [5.41, 5.74) is 0.0897. The quantitative estimate of drug-likeness (QED) is 0.758. The van der Waals surface area contributed by atoms with E-state index in [1.54, 1.807) is 0 Å². The number of sulfonamides is 1. The van der Waals surface area contributed by atoms with E-state index < -0.39 is 21.8 Å². The molecule has 126 valence electrons. The number of carbonyl (C=O) groups is 2. The SMILES string of the molecule is NS(=O)(=O)c1ccsc1C(=O)Cc1cc2c(cc1C(=O)O)OCO2. The lowest BCUT2D eigenvalue weighted by Gasteiger charge is -2.07. The number of carbonyl (C=O) groups excluding carboxylic acids is 1. The number of benzene rings is 1. The number of carboxylic acids is 1. The summed E-state index contributed by atoms with van der Waals surface area (Å²) in [4.78, 5) is 23.5. The molecule has 0 atom stereocenters. The van der Waals surface area contributed by atoms with Crippen LogP contribution < -0.4 is 14.6 Å². The predicted octanol–water partition coefficient (Wildman–Crippen LogP) is 1.25. The molecule has 0 unspecified atom stereocenters. The van der Waals surface area contributed by atoms with E-state index in [9.17, 15) is 23.1 Å². The van der Waals surface area contributed by atoms with Crippen molar-refractivity contribution in [2.75, 3.05) is 6.79 Å². The number of rotatable bonds is 5. The van der Waals surface area contributed by atoms with Gasteiger partial charge in [0.2, 0.25) is 16.8 Å². The fourth-order valence-electron chi connectivity index (χ4n) is 2.31. The molecule has 0 radical (unpaired) electrons. The zero-order valence-corrected chi connectivity index (χ0v) is 13.6. The molecule has 0 saturated heterocycles. The van der Waals surface area contributed by atoms with Crippen molar-refractivity contribution >= 4 is 33.1 Å². The lowest BCUT2D eigenvalue weighted by molar-refractivity contribution is 0.0695. The number of hydrogen-bond acceptors (Lipinski definition) is 7. The first kappa shape index (κ1) is 16.4. The Hall–Kier alpha value is -2.43. The minimum atomic E-state index is -4.03. The fraction of sp³-hybridized carbons (Fsp3) is 0.143. The standard InChI is InChI=1S/C14H11NO7S2/c15-24(19,20)12-1-2-23-13(12)9(16)3-7-4-10-11(22-6-21-10)5-8(7)14(17)18/h1-2,4-5H,3,6H2,(H,17,18)(H2,15,19,20). The van der Waals surface area contributed by atoms with Gasteiger partial charge in [-0.1, -0.05) is 0 Å². The van der Waals surface area contributed by atoms with Gasteiger partial charge < -0.3 is 14.6 Å². The molecule has 0 fully saturated rings. The molecule has 0 aliphatic carbocycles. The lowest BCUT2D eigenvalue weighted by Crippen LogP contribution is -2.16. The molecule has 1 aliphatic rings. The number of aromatic carboxylic acids is 1. The number of ether oxygens (including phenoxy) is 2. The van der Waals surface area contributed by atoms with E-state index in [1.807, 2.05) is 0 Å². The summed E-state index contributed by atoms with van der Waals surface area (Å²) in [5, 5.41) is 15.8. The van der Waals surface area contributed by atoms with Crippen LogP contribution in [-0.2, 0) is 16.4 Å². The van der Waals surface area contributed by atoms with Crippen molar-refractivity contribution in [2.24, 2.45) is 5.14 Å². The highest BCUT2D eigenvalue weighted by molar-refractivity contribution is 7.89. The predicted molar refractivity (Wildman–Crippen MR) is 83.3 cm³/mol. The van der Waals surface area contributed by atoms with Crippen LogP contribution in [0.5, 0.6) is 11.5 Å². The Balaban J connectivity index is 1.99. The largest absolute Gasteiger partial charge is 0.478 e. The minimum Gasteiger partial charge on any atom is -0.478 e. The number of primary sulfonamides is 1. The average Bonchev–Trinajstić information content (AvgIpc) is 3.14. The molecule has 0 bridgehead atoms. The number of hydrogen-bond donors (Lipinski definition) is 2. The summed E-state index contributed by atoms with van der Waals surface area (Å²) in [6.07, 6.45) is -0.304. The summed E-state index contributed by atoms with van der Waals surface area (Å²) in [7, 11) is -4.03. The molecule has 0 amide bonds. The van der Waals surface area contributed by atoms with Crippen molar-refractivity contribution in [3.8, 4) is 11.5 Å². The highest BCUT2D eigenvalue weighted by Gasteiger charge is 2.25. The normalized spacial score (nSPS) is 13.0. The van der Waals surface area contributed by atoms with Crippen LogP contribution in [0.2, 0.25) is 0 Å². The lowest BCUT2D eigenvalue weighted by atomic mass is 10.0. The van der Waals surface area contributed by atoms with Crippen molar-refractivity contribution in [3.05, 3.63) is 39.6 Å². The van der Waals surface area contributed by atoms with Crippen LogP contribution in [0, 0.1) is 0 Å². The van der Waals surface area contributed by atoms with Gasteiger partial charge in [-0.2, -0.15) is 0 Å². The van der Waals surface area contributed by atoms with Gasteiger partial charge in [0, 0.05) is 6.42 Å². The third-order valence-corrected chi connectivity index (χ3v) is 5.41. The van der Waals surface area contributed by atoms with E-state index in [1.165, 1.54) is 23.6 Å². The molecular weight excluding hydrogens is 358 g/mol. The molecule has 1 aromatic carbocycles. The van der Waals surface area contributed by atoms with E-state index in [0.29, 0.717) is 5.75 Å². The second-order valence-corrected chi connectivity index (χ2v) is 7.37. The van der Waals surface area contributed by atoms with Crippen molar-refractivity contribution in [1.29, 1.82) is 0 Å². The van der Waals surface area contributed by atoms with E-state index in [-0.39, 0.29) is 39.9 Å². The average molecular weight is 369 g/mol. The number of nitrogens with two attached hydrogens (primary N) is 1. The molecule has 8 nitrogen and oxygen atoms in total. The molecule has 24 heavy (non-hydrogen) atoms. The van der Waals surface area contributed by atoms with E-state index >= 15 is 0 Å². The Kier molecular flexibility index (Phi) is 4.03. The number of ketones is 1. The first-order valence-corrected chi connectivity index (χ1v) is 8.99. The Bertz CT molecular complexity index is 946. The number of Topliss-reactive ketones (excluding diaryl/α,β-unsaturated/α-hetero) is 1. The molecule has 1 aromatic heterocycles. The molecule has 0 saturated carbocycles. The maximum absolute atomic E-state index is 12.4. The van der Waals surface area contributed by atoms with Crippen molar-refractivity contribution in [2.45, 2.75) is 11.3 Å². The van der Waals surface area contributed by atoms with Crippen molar-refractivity contribution < 1.29 is 32.6 Å². The van der Waals surface area contributed by atoms with Gasteiger partial charge in [-0.15, -0.1) is 11.3 Å². The molecular formula is C14H11NO7S2. The van der Waals surface area contributed by atoms with Gasteiger partial charge in [-0.3, -0.25) is 4.79 Å². The van der Waals surface area contributed by atoms with Crippen LogP contribution in [0.15, 0.2) is 28.5 Å². The molecule has 2 heterocycles. The second-order valence-electron chi connectivity index (χ2n) is 4.93. The van der Waals surface area contributed by atoms with Crippen LogP contribution in [0.25, 0.3) is 0 Å². The monoisotopic (exact) mass is 369 g/mol. The van der Waals surface area contributed by atoms with E-state index in [0.717, 1.165) is 11.3 Å². The highest BCUT2D eigenvalue weighted by Crippen LogP contribution is 2.35. The maximum Gasteiger partial charge on any atom is 0.336 e. The summed E-state index contributed by atoms with van der Waals surface area (Å²) in [6, 6.07) is 3.93. The number of thiophene rings is 1. The van der Waals surface area contributed by atoms with E-state index in [4.69, 9.17) is 14.6 Å². The van der Waals surface area contributed by atoms with Crippen LogP contribution in [0.3, 0.4) is 0 Å². The third-order valence-electron chi connectivity index (χ3n) is 3.37. The summed E-state index contributed by atoms with van der Waals surface area (Å²) in [6.45, 7) is -0.0354. The Labute approximate surface area is 140 Å². The minimum absolute atomic E-state index is 0.0354. The first-order chi connectivity index (χ1) is 11.3. The maximum atomic E-state index is 12.4. The van der Waals surface area contributed by atoms with Crippen LogP contribution in [0.4, 0.5) is 0 Å². The summed E-state index contributed by atoms with van der Waals surface area (Å²) >= 11 is 0.931. The van der Waals surface area contributed by atoms with Gasteiger partial charge in [-0.25, -0.2) is 18.4 Å². The number of carboxylic acid groups (broad SMARTS) is 1. The Morgan fingerprint density at radius 2 is 1.92 bits per heavy atom. The molecule has 3 N–H and O–H groups in total. The zero-order chi connectivity index (χ0) is 17.5. The second kappa shape index (κ2) is 5.89. The molecule has 1 aliphatic heterocycles. The van der Waals surface area contributed by atoms with Gasteiger partial charge in [0.1, 0.15) is 4.90 Å². The number of fused-ring (bicyclic) bond motifs is 1.